The van der Waals surface area contributed by atoms with Crippen molar-refractivity contribution in [3.63, 3.8) is 0 Å². The Hall–Kier alpha value is -1.39. The van der Waals surface area contributed by atoms with Crippen LogP contribution in [0.3, 0.4) is 0 Å². The first-order valence-corrected chi connectivity index (χ1v) is 7.42. The fraction of sp³-hybridized carbons (Fsp3) is 0.562. The maximum absolute atomic E-state index is 12.1. The van der Waals surface area contributed by atoms with Crippen molar-refractivity contribution in [1.29, 1.82) is 0 Å². The Kier molecular flexibility index (Phi) is 5.56. The molecule has 20 heavy (non-hydrogen) atoms. The molecule has 0 radical (unpaired) electrons. The summed E-state index contributed by atoms with van der Waals surface area (Å²) in [6.45, 7) is 4.60. The molecule has 1 atom stereocenters. The second kappa shape index (κ2) is 7.41. The van der Waals surface area contributed by atoms with Gasteiger partial charge < -0.3 is 10.6 Å². The summed E-state index contributed by atoms with van der Waals surface area (Å²) in [6, 6.07) is 10.7. The molecule has 1 aromatic rings. The first-order valence-electron chi connectivity index (χ1n) is 7.42. The molecule has 1 aromatic carbocycles. The monoisotopic (exact) mass is 275 g/mol. The third-order valence-electron chi connectivity index (χ3n) is 4.00. The van der Waals surface area contributed by atoms with E-state index in [0.717, 1.165) is 31.5 Å². The summed E-state index contributed by atoms with van der Waals surface area (Å²) in [4.78, 5) is 14.3. The SMILES string of the molecule is CC(NC(=O)CN(C)C1CCNCC1)c1ccccc1. The van der Waals surface area contributed by atoms with Gasteiger partial charge in [0.05, 0.1) is 12.6 Å². The number of carbonyl (C=O) groups excluding carboxylic acids is 1. The number of piperidine rings is 1. The Labute approximate surface area is 121 Å². The van der Waals surface area contributed by atoms with Crippen molar-refractivity contribution >= 4 is 5.91 Å². The number of likely N-dealkylation sites (N-methyl/N-ethyl adjacent to an activating group) is 1. The highest BCUT2D eigenvalue weighted by atomic mass is 16.2. The summed E-state index contributed by atoms with van der Waals surface area (Å²) < 4.78 is 0. The van der Waals surface area contributed by atoms with Crippen molar-refractivity contribution in [2.24, 2.45) is 0 Å². The van der Waals surface area contributed by atoms with E-state index in [-0.39, 0.29) is 11.9 Å². The molecule has 4 nitrogen and oxygen atoms in total. The van der Waals surface area contributed by atoms with E-state index in [1.807, 2.05) is 44.3 Å². The van der Waals surface area contributed by atoms with Crippen LogP contribution in [0.15, 0.2) is 30.3 Å². The Morgan fingerprint density at radius 3 is 2.65 bits per heavy atom. The maximum atomic E-state index is 12.1. The molecule has 4 heteroatoms. The summed E-state index contributed by atoms with van der Waals surface area (Å²) >= 11 is 0. The second-order valence-corrected chi connectivity index (χ2v) is 5.60. The molecule has 1 saturated heterocycles. The Morgan fingerprint density at radius 1 is 1.35 bits per heavy atom. The van der Waals surface area contributed by atoms with Gasteiger partial charge >= 0.3 is 0 Å². The predicted octanol–water partition coefficient (Wildman–Crippen LogP) is 1.55. The van der Waals surface area contributed by atoms with Crippen LogP contribution in [0, 0.1) is 0 Å². The van der Waals surface area contributed by atoms with Gasteiger partial charge in [0.25, 0.3) is 0 Å². The first kappa shape index (κ1) is 15.0. The van der Waals surface area contributed by atoms with Crippen LogP contribution in [0.4, 0.5) is 0 Å². The predicted molar refractivity (Wildman–Crippen MR) is 81.5 cm³/mol. The molecule has 2 N–H and O–H groups in total. The third-order valence-corrected chi connectivity index (χ3v) is 4.00. The smallest absolute Gasteiger partial charge is 0.234 e. The zero-order valence-electron chi connectivity index (χ0n) is 12.4. The van der Waals surface area contributed by atoms with Crippen LogP contribution in [0.5, 0.6) is 0 Å². The topological polar surface area (TPSA) is 44.4 Å². The average Bonchev–Trinajstić information content (AvgIpc) is 2.49. The Bertz CT molecular complexity index is 415. The summed E-state index contributed by atoms with van der Waals surface area (Å²) in [5.41, 5.74) is 1.14. The van der Waals surface area contributed by atoms with E-state index in [4.69, 9.17) is 0 Å². The molecule has 1 heterocycles. The summed E-state index contributed by atoms with van der Waals surface area (Å²) in [6.07, 6.45) is 2.25. The molecule has 0 bridgehead atoms. The van der Waals surface area contributed by atoms with Crippen LogP contribution >= 0.6 is 0 Å². The number of hydrogen-bond acceptors (Lipinski definition) is 3. The highest BCUT2D eigenvalue weighted by Crippen LogP contribution is 2.12. The maximum Gasteiger partial charge on any atom is 0.234 e. The summed E-state index contributed by atoms with van der Waals surface area (Å²) in [5, 5.41) is 6.42. The highest BCUT2D eigenvalue weighted by Gasteiger charge is 2.20. The van der Waals surface area contributed by atoms with Crippen molar-refractivity contribution in [3.05, 3.63) is 35.9 Å². The van der Waals surface area contributed by atoms with Crippen LogP contribution < -0.4 is 10.6 Å². The lowest BCUT2D eigenvalue weighted by molar-refractivity contribution is -0.123. The number of rotatable bonds is 5. The molecule has 1 amide bonds. The van der Waals surface area contributed by atoms with Gasteiger partial charge in [-0.05, 0) is 45.5 Å². The van der Waals surface area contributed by atoms with E-state index < -0.39 is 0 Å². The largest absolute Gasteiger partial charge is 0.348 e. The summed E-state index contributed by atoms with van der Waals surface area (Å²) in [5.74, 6) is 0.0994. The minimum absolute atomic E-state index is 0.0603. The van der Waals surface area contributed by atoms with Crippen LogP contribution in [0.2, 0.25) is 0 Å². The number of nitrogens with zero attached hydrogens (tertiary/aromatic N) is 1. The zero-order chi connectivity index (χ0) is 14.4. The van der Waals surface area contributed by atoms with E-state index in [1.54, 1.807) is 0 Å². The standard InChI is InChI=1S/C16H25N3O/c1-13(14-6-4-3-5-7-14)18-16(20)12-19(2)15-8-10-17-11-9-15/h3-7,13,15,17H,8-12H2,1-2H3,(H,18,20). The average molecular weight is 275 g/mol. The zero-order valence-corrected chi connectivity index (χ0v) is 12.4. The highest BCUT2D eigenvalue weighted by molar-refractivity contribution is 5.78. The molecule has 1 fully saturated rings. The molecular formula is C16H25N3O. The Morgan fingerprint density at radius 2 is 2.00 bits per heavy atom. The van der Waals surface area contributed by atoms with Gasteiger partial charge in [0.1, 0.15) is 0 Å². The normalized spacial score (nSPS) is 17.9. The van der Waals surface area contributed by atoms with Gasteiger partial charge in [-0.2, -0.15) is 0 Å². The lowest BCUT2D eigenvalue weighted by Gasteiger charge is -2.31. The lowest BCUT2D eigenvalue weighted by Crippen LogP contribution is -2.45. The lowest BCUT2D eigenvalue weighted by atomic mass is 10.1. The van der Waals surface area contributed by atoms with E-state index in [2.05, 4.69) is 15.5 Å². The molecule has 0 aromatic heterocycles. The fourth-order valence-corrected chi connectivity index (χ4v) is 2.72. The number of hydrogen-bond donors (Lipinski definition) is 2. The fourth-order valence-electron chi connectivity index (χ4n) is 2.72. The molecule has 2 rings (SSSR count). The van der Waals surface area contributed by atoms with Gasteiger partial charge in [-0.25, -0.2) is 0 Å². The molecular weight excluding hydrogens is 250 g/mol. The van der Waals surface area contributed by atoms with E-state index in [1.165, 1.54) is 0 Å². The van der Waals surface area contributed by atoms with Gasteiger partial charge in [-0.1, -0.05) is 30.3 Å². The molecule has 0 spiro atoms. The van der Waals surface area contributed by atoms with Crippen molar-refractivity contribution in [1.82, 2.24) is 15.5 Å². The number of carbonyl (C=O) groups is 1. The van der Waals surface area contributed by atoms with E-state index in [0.29, 0.717) is 12.6 Å². The first-order chi connectivity index (χ1) is 9.66. The number of nitrogens with one attached hydrogen (secondary N) is 2. The van der Waals surface area contributed by atoms with Gasteiger partial charge in [0.15, 0.2) is 0 Å². The minimum Gasteiger partial charge on any atom is -0.348 e. The van der Waals surface area contributed by atoms with Crippen LogP contribution in [-0.2, 0) is 4.79 Å². The molecule has 1 aliphatic rings. The minimum atomic E-state index is 0.0603. The van der Waals surface area contributed by atoms with E-state index in [9.17, 15) is 4.79 Å². The Balaban J connectivity index is 1.79. The number of amides is 1. The van der Waals surface area contributed by atoms with Crippen molar-refractivity contribution in [3.8, 4) is 0 Å². The van der Waals surface area contributed by atoms with E-state index >= 15 is 0 Å². The van der Waals surface area contributed by atoms with Crippen molar-refractivity contribution < 1.29 is 4.79 Å². The van der Waals surface area contributed by atoms with Crippen LogP contribution in [-0.4, -0.2) is 43.5 Å². The number of benzene rings is 1. The third kappa shape index (κ3) is 4.32. The molecule has 1 unspecified atom stereocenters. The molecule has 0 aliphatic carbocycles. The van der Waals surface area contributed by atoms with Crippen LogP contribution in [0.1, 0.15) is 31.4 Å². The molecule has 0 saturated carbocycles. The summed E-state index contributed by atoms with van der Waals surface area (Å²) in [7, 11) is 2.04. The van der Waals surface area contributed by atoms with Gasteiger partial charge in [0.2, 0.25) is 5.91 Å². The van der Waals surface area contributed by atoms with Gasteiger partial charge in [0, 0.05) is 6.04 Å². The van der Waals surface area contributed by atoms with Crippen molar-refractivity contribution in [2.75, 3.05) is 26.7 Å². The quantitative estimate of drug-likeness (QED) is 0.857. The molecule has 1 aliphatic heterocycles. The molecule has 110 valence electrons. The van der Waals surface area contributed by atoms with Gasteiger partial charge in [-0.3, -0.25) is 9.69 Å². The second-order valence-electron chi connectivity index (χ2n) is 5.60. The van der Waals surface area contributed by atoms with Crippen LogP contribution in [0.25, 0.3) is 0 Å². The van der Waals surface area contributed by atoms with Crippen molar-refractivity contribution in [2.45, 2.75) is 31.8 Å². The van der Waals surface area contributed by atoms with Gasteiger partial charge in [-0.15, -0.1) is 0 Å².